The van der Waals surface area contributed by atoms with Crippen LogP contribution in [0.5, 0.6) is 0 Å². The molecule has 14 heavy (non-hydrogen) atoms. The molecule has 2 heteroatoms. The summed E-state index contributed by atoms with van der Waals surface area (Å²) in [7, 11) is 0. The Morgan fingerprint density at radius 2 is 2.29 bits per heavy atom. The van der Waals surface area contributed by atoms with E-state index in [2.05, 4.69) is 19.1 Å². The molecular weight excluding hydrogens is 190 g/mol. The Hall–Kier alpha value is -0.340. The van der Waals surface area contributed by atoms with Crippen molar-refractivity contribution < 1.29 is 0 Å². The van der Waals surface area contributed by atoms with Gasteiger partial charge in [-0.2, -0.15) is 0 Å². The fraction of sp³-hybridized carbons (Fsp3) is 0.667. The minimum Gasteiger partial charge on any atom is -0.323 e. The van der Waals surface area contributed by atoms with Crippen LogP contribution >= 0.6 is 11.3 Å². The number of thiophene rings is 1. The van der Waals surface area contributed by atoms with Gasteiger partial charge in [-0.3, -0.25) is 0 Å². The van der Waals surface area contributed by atoms with Gasteiger partial charge in [-0.1, -0.05) is 26.2 Å². The summed E-state index contributed by atoms with van der Waals surface area (Å²) in [6.07, 6.45) is 6.56. The Morgan fingerprint density at radius 1 is 1.50 bits per heavy atom. The smallest absolute Gasteiger partial charge is 0.0392 e. The lowest BCUT2D eigenvalue weighted by Gasteiger charge is -2.27. The third-order valence-corrected chi connectivity index (χ3v) is 4.57. The first kappa shape index (κ1) is 10.2. The summed E-state index contributed by atoms with van der Waals surface area (Å²) < 4.78 is 0. The van der Waals surface area contributed by atoms with E-state index in [1.54, 1.807) is 0 Å². The average molecular weight is 209 g/mol. The molecule has 78 valence electrons. The van der Waals surface area contributed by atoms with Gasteiger partial charge < -0.3 is 5.73 Å². The molecule has 0 aliphatic heterocycles. The minimum atomic E-state index is 0.297. The number of hydrogen-bond acceptors (Lipinski definition) is 2. The molecule has 1 fully saturated rings. The summed E-state index contributed by atoms with van der Waals surface area (Å²) in [4.78, 5) is 2.85. The average Bonchev–Trinajstić information content (AvgIpc) is 2.59. The minimum absolute atomic E-state index is 0.297. The molecule has 1 aliphatic rings. The molecule has 0 bridgehead atoms. The molecular formula is C12H19NS. The second-order valence-electron chi connectivity index (χ2n) is 4.30. The highest BCUT2D eigenvalue weighted by Gasteiger charge is 2.21. The van der Waals surface area contributed by atoms with Crippen LogP contribution < -0.4 is 5.73 Å². The lowest BCUT2D eigenvalue weighted by molar-refractivity contribution is 0.278. The Balaban J connectivity index is 1.92. The normalized spacial score (nSPS) is 19.3. The van der Waals surface area contributed by atoms with Crippen LogP contribution in [0.1, 0.15) is 48.4 Å². The molecule has 0 aromatic carbocycles. The Labute approximate surface area is 90.3 Å². The van der Waals surface area contributed by atoms with Gasteiger partial charge in [0.2, 0.25) is 0 Å². The summed E-state index contributed by atoms with van der Waals surface area (Å²) in [5.74, 6) is 0.914. The molecule has 1 nitrogen and oxygen atoms in total. The summed E-state index contributed by atoms with van der Waals surface area (Å²) in [5.41, 5.74) is 6.18. The number of hydrogen-bond donors (Lipinski definition) is 1. The molecule has 0 spiro atoms. The van der Waals surface area contributed by atoms with Gasteiger partial charge in [-0.25, -0.2) is 0 Å². The van der Waals surface area contributed by atoms with E-state index in [9.17, 15) is 0 Å². The molecule has 0 saturated heterocycles. The zero-order valence-corrected chi connectivity index (χ0v) is 9.65. The van der Waals surface area contributed by atoms with Gasteiger partial charge in [0, 0.05) is 15.8 Å². The van der Waals surface area contributed by atoms with Crippen molar-refractivity contribution >= 4 is 11.3 Å². The van der Waals surface area contributed by atoms with Crippen LogP contribution in [0.25, 0.3) is 0 Å². The van der Waals surface area contributed by atoms with E-state index in [0.717, 1.165) is 12.3 Å². The summed E-state index contributed by atoms with van der Waals surface area (Å²) >= 11 is 1.89. The first-order chi connectivity index (χ1) is 6.79. The maximum absolute atomic E-state index is 6.18. The van der Waals surface area contributed by atoms with Gasteiger partial charge in [-0.15, -0.1) is 11.3 Å². The van der Waals surface area contributed by atoms with Gasteiger partial charge in [0.15, 0.2) is 0 Å². The van der Waals surface area contributed by atoms with E-state index < -0.39 is 0 Å². The second-order valence-corrected chi connectivity index (χ2v) is 5.50. The zero-order valence-electron chi connectivity index (χ0n) is 8.83. The summed E-state index contributed by atoms with van der Waals surface area (Å²) in [5, 5.41) is 0. The second kappa shape index (κ2) is 4.45. The largest absolute Gasteiger partial charge is 0.323 e. The van der Waals surface area contributed by atoms with Gasteiger partial charge in [0.25, 0.3) is 0 Å². The van der Waals surface area contributed by atoms with Crippen LogP contribution in [0.4, 0.5) is 0 Å². The Kier molecular flexibility index (Phi) is 3.24. The third kappa shape index (κ3) is 2.18. The third-order valence-electron chi connectivity index (χ3n) is 3.21. The molecule has 1 saturated carbocycles. The lowest BCUT2D eigenvalue weighted by Crippen LogP contribution is -2.19. The number of aryl methyl sites for hydroxylation is 1. The molecule has 2 N–H and O–H groups in total. The molecule has 1 atom stereocenters. The van der Waals surface area contributed by atoms with E-state index in [4.69, 9.17) is 5.73 Å². The van der Waals surface area contributed by atoms with Crippen molar-refractivity contribution in [1.29, 1.82) is 0 Å². The van der Waals surface area contributed by atoms with Crippen LogP contribution in [0.2, 0.25) is 0 Å². The number of nitrogens with two attached hydrogens (primary N) is 1. The molecule has 0 radical (unpaired) electrons. The Morgan fingerprint density at radius 3 is 2.79 bits per heavy atom. The van der Waals surface area contributed by atoms with Crippen molar-refractivity contribution in [3.05, 3.63) is 21.9 Å². The van der Waals surface area contributed by atoms with Crippen molar-refractivity contribution in [2.24, 2.45) is 11.7 Å². The maximum Gasteiger partial charge on any atom is 0.0392 e. The van der Waals surface area contributed by atoms with E-state index in [0.29, 0.717) is 6.04 Å². The van der Waals surface area contributed by atoms with Crippen molar-refractivity contribution in [3.63, 3.8) is 0 Å². The van der Waals surface area contributed by atoms with Gasteiger partial charge >= 0.3 is 0 Å². The maximum atomic E-state index is 6.18. The van der Waals surface area contributed by atoms with Crippen LogP contribution in [-0.4, -0.2) is 0 Å². The highest BCUT2D eigenvalue weighted by Crippen LogP contribution is 2.35. The summed E-state index contributed by atoms with van der Waals surface area (Å²) in [6, 6.07) is 4.73. The predicted molar refractivity (Wildman–Crippen MR) is 62.6 cm³/mol. The first-order valence-electron chi connectivity index (χ1n) is 5.63. The van der Waals surface area contributed by atoms with Gasteiger partial charge in [0.05, 0.1) is 0 Å². The van der Waals surface area contributed by atoms with Gasteiger partial charge in [0.1, 0.15) is 0 Å². The topological polar surface area (TPSA) is 26.0 Å². The molecule has 2 rings (SSSR count). The van der Waals surface area contributed by atoms with Gasteiger partial charge in [-0.05, 0) is 30.9 Å². The van der Waals surface area contributed by atoms with E-state index in [-0.39, 0.29) is 0 Å². The van der Waals surface area contributed by atoms with Crippen LogP contribution in [0, 0.1) is 5.92 Å². The Bertz CT molecular complexity index is 288. The van der Waals surface area contributed by atoms with E-state index in [1.165, 1.54) is 35.4 Å². The van der Waals surface area contributed by atoms with Crippen LogP contribution in [0.15, 0.2) is 12.1 Å². The highest BCUT2D eigenvalue weighted by molar-refractivity contribution is 7.12. The van der Waals surface area contributed by atoms with Crippen LogP contribution in [0.3, 0.4) is 0 Å². The molecule has 1 aliphatic carbocycles. The standard InChI is InChI=1S/C12H19NS/c1-2-10-6-7-12(14-10)11(13)8-9-4-3-5-9/h6-7,9,11H,2-5,8,13H2,1H3. The number of rotatable bonds is 4. The molecule has 1 aromatic heterocycles. The predicted octanol–water partition coefficient (Wildman–Crippen LogP) is 3.50. The summed E-state index contributed by atoms with van der Waals surface area (Å²) in [6.45, 7) is 2.20. The molecule has 1 heterocycles. The lowest BCUT2D eigenvalue weighted by atomic mass is 9.81. The fourth-order valence-electron chi connectivity index (χ4n) is 1.99. The van der Waals surface area contributed by atoms with Crippen molar-refractivity contribution in [3.8, 4) is 0 Å². The fourth-order valence-corrected chi connectivity index (χ4v) is 2.95. The van der Waals surface area contributed by atoms with Crippen molar-refractivity contribution in [2.45, 2.75) is 45.1 Å². The first-order valence-corrected chi connectivity index (χ1v) is 6.45. The SMILES string of the molecule is CCc1ccc(C(N)CC2CCC2)s1. The zero-order chi connectivity index (χ0) is 9.97. The molecule has 0 amide bonds. The molecule has 1 aromatic rings. The van der Waals surface area contributed by atoms with Crippen molar-refractivity contribution in [2.75, 3.05) is 0 Å². The van der Waals surface area contributed by atoms with Crippen LogP contribution in [-0.2, 0) is 6.42 Å². The van der Waals surface area contributed by atoms with E-state index >= 15 is 0 Å². The van der Waals surface area contributed by atoms with E-state index in [1.807, 2.05) is 11.3 Å². The molecule has 1 unspecified atom stereocenters. The quantitative estimate of drug-likeness (QED) is 0.807. The monoisotopic (exact) mass is 209 g/mol. The highest BCUT2D eigenvalue weighted by atomic mass is 32.1. The van der Waals surface area contributed by atoms with Crippen molar-refractivity contribution in [1.82, 2.24) is 0 Å².